The van der Waals surface area contributed by atoms with Crippen molar-refractivity contribution in [1.82, 2.24) is 9.78 Å². The third-order valence-corrected chi connectivity index (χ3v) is 4.91. The number of hydrogen-bond acceptors (Lipinski definition) is 5. The van der Waals surface area contributed by atoms with Gasteiger partial charge in [0, 0.05) is 10.8 Å². The molecule has 2 rings (SSSR count). The summed E-state index contributed by atoms with van der Waals surface area (Å²) in [4.78, 5) is 10.7. The van der Waals surface area contributed by atoms with Crippen LogP contribution in [0.1, 0.15) is 0 Å². The first-order valence-electron chi connectivity index (χ1n) is 7.12. The predicted molar refractivity (Wildman–Crippen MR) is 97.2 cm³/mol. The molecule has 1 aromatic heterocycles. The second-order valence-corrected chi connectivity index (χ2v) is 11.2. The molecule has 0 aliphatic rings. The lowest BCUT2D eigenvalue weighted by atomic mass is 10.1. The van der Waals surface area contributed by atoms with E-state index in [-0.39, 0.29) is 29.4 Å². The van der Waals surface area contributed by atoms with Gasteiger partial charge in [-0.25, -0.2) is 14.7 Å². The van der Waals surface area contributed by atoms with Gasteiger partial charge in [0.15, 0.2) is 5.69 Å². The van der Waals surface area contributed by atoms with Gasteiger partial charge < -0.3 is 9.84 Å². The van der Waals surface area contributed by atoms with Gasteiger partial charge in [-0.15, -0.1) is 0 Å². The fourth-order valence-electron chi connectivity index (χ4n) is 2.04. The van der Waals surface area contributed by atoms with Crippen molar-refractivity contribution in [3.8, 4) is 17.0 Å². The summed E-state index contributed by atoms with van der Waals surface area (Å²) in [5.74, 6) is 0.817. The molecule has 0 spiro atoms. The molecule has 9 heteroatoms. The van der Waals surface area contributed by atoms with Crippen LogP contribution in [0.2, 0.25) is 5.02 Å². The Bertz CT molecular complexity index is 743. The lowest BCUT2D eigenvalue weighted by molar-refractivity contribution is -0.384. The maximum atomic E-state index is 11.3. The van der Waals surface area contributed by atoms with Crippen LogP contribution in [0, 0.1) is 10.1 Å². The summed E-state index contributed by atoms with van der Waals surface area (Å²) in [6.45, 7) is 0.595. The molecule has 0 fully saturated rings. The van der Waals surface area contributed by atoms with E-state index in [9.17, 15) is 15.2 Å². The predicted octanol–water partition coefficient (Wildman–Crippen LogP) is 3.49. The Hall–Kier alpha value is -1.77. The van der Waals surface area contributed by atoms with Crippen molar-refractivity contribution in [2.24, 2.45) is 0 Å². The fraction of sp³-hybridized carbons (Fsp3) is 0.400. The molecule has 1 heterocycles. The van der Waals surface area contributed by atoms with E-state index in [2.05, 4.69) is 23.9 Å². The zero-order valence-electron chi connectivity index (χ0n) is 13.7. The molecule has 0 atom stereocenters. The van der Waals surface area contributed by atoms with Crippen LogP contribution < -0.4 is 0 Å². The summed E-state index contributed by atoms with van der Waals surface area (Å²) in [5.41, 5.74) is 0.206. The molecule has 0 unspecified atom stereocenters. The molecule has 0 saturated carbocycles. The van der Waals surface area contributed by atoms with Gasteiger partial charge in [-0.2, -0.15) is 5.10 Å². The van der Waals surface area contributed by atoms with E-state index < -0.39 is 15.0 Å². The van der Waals surface area contributed by atoms with Crippen LogP contribution >= 0.6 is 21.6 Å². The molecule has 0 bridgehead atoms. The number of halogens is 1. The molecule has 7 nitrogen and oxygen atoms in total. The van der Waals surface area contributed by atoms with Crippen LogP contribution in [0.3, 0.4) is 0 Å². The third-order valence-electron chi connectivity index (χ3n) is 3.28. The largest absolute Gasteiger partial charge is 0.507 e. The molecule has 2 aromatic rings. The molecule has 0 amide bonds. The summed E-state index contributed by atoms with van der Waals surface area (Å²) in [5, 5.41) is 25.7. The Morgan fingerprint density at radius 1 is 1.42 bits per heavy atom. The lowest BCUT2D eigenvalue weighted by Crippen LogP contribution is -2.11. The number of rotatable bonds is 7. The van der Waals surface area contributed by atoms with E-state index in [1.165, 1.54) is 22.9 Å². The van der Waals surface area contributed by atoms with Crippen LogP contribution in [0.25, 0.3) is 11.3 Å². The highest BCUT2D eigenvalue weighted by Gasteiger charge is 2.24. The molecule has 1 aromatic carbocycles. The highest BCUT2D eigenvalue weighted by molar-refractivity contribution is 8.32. The van der Waals surface area contributed by atoms with Crippen molar-refractivity contribution in [2.75, 3.05) is 31.1 Å². The van der Waals surface area contributed by atoms with E-state index >= 15 is 0 Å². The Morgan fingerprint density at radius 2 is 2.12 bits per heavy atom. The topological polar surface area (TPSA) is 90.4 Å². The van der Waals surface area contributed by atoms with E-state index in [0.717, 1.165) is 11.9 Å². The summed E-state index contributed by atoms with van der Waals surface area (Å²) in [6, 6.07) is 4.37. The van der Waals surface area contributed by atoms with E-state index in [4.69, 9.17) is 16.3 Å². The fourth-order valence-corrected chi connectivity index (χ4v) is 2.83. The van der Waals surface area contributed by atoms with Crippen molar-refractivity contribution >= 4 is 27.3 Å². The van der Waals surface area contributed by atoms with Gasteiger partial charge in [0.05, 0.1) is 17.1 Å². The molecular formula is C15H20ClN3O4S. The van der Waals surface area contributed by atoms with Crippen molar-refractivity contribution in [3.05, 3.63) is 39.5 Å². The van der Waals surface area contributed by atoms with Gasteiger partial charge in [0.1, 0.15) is 18.7 Å². The summed E-state index contributed by atoms with van der Waals surface area (Å²) >= 11 is 5.96. The van der Waals surface area contributed by atoms with Crippen LogP contribution in [-0.2, 0) is 11.5 Å². The zero-order valence-corrected chi connectivity index (χ0v) is 15.3. The molecule has 132 valence electrons. The number of nitro groups is 1. The number of phenols is 1. The van der Waals surface area contributed by atoms with Crippen molar-refractivity contribution in [3.63, 3.8) is 0 Å². The van der Waals surface area contributed by atoms with Gasteiger partial charge in [-0.05, 0) is 37.0 Å². The van der Waals surface area contributed by atoms with Crippen LogP contribution in [0.5, 0.6) is 5.75 Å². The van der Waals surface area contributed by atoms with E-state index in [0.29, 0.717) is 11.6 Å². The first-order valence-corrected chi connectivity index (χ1v) is 10.5. The Morgan fingerprint density at radius 3 is 2.75 bits per heavy atom. The van der Waals surface area contributed by atoms with Crippen molar-refractivity contribution in [2.45, 2.75) is 6.73 Å². The minimum absolute atomic E-state index is 0.0602. The molecule has 0 radical (unpaired) electrons. The monoisotopic (exact) mass is 373 g/mol. The first kappa shape index (κ1) is 18.6. The minimum Gasteiger partial charge on any atom is -0.507 e. The summed E-state index contributed by atoms with van der Waals surface area (Å²) in [7, 11) is -0.682. The first-order chi connectivity index (χ1) is 11.2. The maximum Gasteiger partial charge on any atom is 0.315 e. The van der Waals surface area contributed by atoms with Crippen LogP contribution in [0.15, 0.2) is 24.4 Å². The Labute approximate surface area is 146 Å². The zero-order chi connectivity index (χ0) is 17.9. The van der Waals surface area contributed by atoms with Gasteiger partial charge in [0.25, 0.3) is 0 Å². The lowest BCUT2D eigenvalue weighted by Gasteiger charge is -2.24. The maximum absolute atomic E-state index is 11.3. The number of phenolic OH excluding ortho intramolecular Hbond substituents is 1. The quantitative estimate of drug-likeness (QED) is 0.455. The van der Waals surface area contributed by atoms with Crippen LogP contribution in [0.4, 0.5) is 5.69 Å². The highest BCUT2D eigenvalue weighted by atomic mass is 35.5. The number of benzene rings is 1. The normalized spacial score (nSPS) is 12.3. The number of hydrogen-bond donors (Lipinski definition) is 1. The van der Waals surface area contributed by atoms with Crippen LogP contribution in [-0.4, -0.2) is 50.9 Å². The van der Waals surface area contributed by atoms with E-state index in [1.54, 1.807) is 0 Å². The highest BCUT2D eigenvalue weighted by Crippen LogP contribution is 2.37. The Balaban J connectivity index is 2.30. The second kappa shape index (κ2) is 7.42. The molecule has 24 heavy (non-hydrogen) atoms. The smallest absolute Gasteiger partial charge is 0.315 e. The minimum atomic E-state index is -0.682. The van der Waals surface area contributed by atoms with Gasteiger partial charge in [-0.3, -0.25) is 10.1 Å². The van der Waals surface area contributed by atoms with Gasteiger partial charge >= 0.3 is 5.69 Å². The third kappa shape index (κ3) is 4.62. The second-order valence-electron chi connectivity index (χ2n) is 6.13. The molecule has 1 N–H and O–H groups in total. The number of nitrogens with zero attached hydrogens (tertiary/aromatic N) is 3. The summed E-state index contributed by atoms with van der Waals surface area (Å²) < 4.78 is 6.97. The van der Waals surface area contributed by atoms with Crippen molar-refractivity contribution < 1.29 is 14.8 Å². The number of ether oxygens (including phenoxy) is 1. The molecule has 0 aliphatic heterocycles. The molecule has 0 saturated heterocycles. The van der Waals surface area contributed by atoms with E-state index in [1.807, 2.05) is 0 Å². The number of aromatic nitrogens is 2. The SMILES string of the molecule is CS(C)(C)CCOCn1ncc([N+](=O)[O-])c1-c1cc(Cl)ccc1O. The van der Waals surface area contributed by atoms with Crippen molar-refractivity contribution in [1.29, 1.82) is 0 Å². The standard InChI is InChI=1S/C15H20ClN3O4S/c1-24(2,3)7-6-23-10-18-15(13(9-17-18)19(21)22)12-8-11(16)4-5-14(12)20/h4-5,8-9,20H,6-7,10H2,1-3H3. The molecular weight excluding hydrogens is 354 g/mol. The molecule has 0 aliphatic carbocycles. The number of aromatic hydroxyl groups is 1. The summed E-state index contributed by atoms with van der Waals surface area (Å²) in [6.07, 6.45) is 7.70. The average molecular weight is 374 g/mol. The van der Waals surface area contributed by atoms with Gasteiger partial charge in [0.2, 0.25) is 0 Å². The average Bonchev–Trinajstić information content (AvgIpc) is 2.89. The Kier molecular flexibility index (Phi) is 5.74. The van der Waals surface area contributed by atoms with Gasteiger partial charge in [-0.1, -0.05) is 11.6 Å².